The van der Waals surface area contributed by atoms with Gasteiger partial charge in [0.2, 0.25) is 12.7 Å². The quantitative estimate of drug-likeness (QED) is 0.782. The van der Waals surface area contributed by atoms with Crippen LogP contribution in [0.5, 0.6) is 17.2 Å². The summed E-state index contributed by atoms with van der Waals surface area (Å²) in [6, 6.07) is 11.2. The smallest absolute Gasteiger partial charge is 0.231 e. The number of rotatable bonds is 4. The molecule has 2 fully saturated rings. The second-order valence-electron chi connectivity index (χ2n) is 8.79. The average Bonchev–Trinajstić information content (AvgIpc) is 3.37. The number of nitrogens with zero attached hydrogens (tertiary/aromatic N) is 1. The first kappa shape index (κ1) is 20.5. The lowest BCUT2D eigenvalue weighted by Gasteiger charge is -2.35. The minimum atomic E-state index is -0.541. The summed E-state index contributed by atoms with van der Waals surface area (Å²) >= 11 is 6.10. The van der Waals surface area contributed by atoms with Crippen molar-refractivity contribution < 1.29 is 24.1 Å². The van der Waals surface area contributed by atoms with Gasteiger partial charge < -0.3 is 24.2 Å². The van der Waals surface area contributed by atoms with Crippen LogP contribution in [0.25, 0.3) is 0 Å². The standard InChI is InChI=1S/C24H26ClNO5/c1-14-6-18(3-4-19(14)25)31-22-10-17-12-26(11-16(17)9-20(22)27)24(28)8-15-2-5-21-23(7-15)30-13-29-21/h2-7,16-17,20,22,27H,8-13H2,1H3/t16-,17+,20+,22+/m0/s1. The lowest BCUT2D eigenvalue weighted by atomic mass is 9.78. The number of likely N-dealkylation sites (tertiary alicyclic amines) is 1. The molecule has 0 aromatic heterocycles. The van der Waals surface area contributed by atoms with Crippen molar-refractivity contribution in [1.82, 2.24) is 4.90 Å². The van der Waals surface area contributed by atoms with Gasteiger partial charge in [-0.15, -0.1) is 0 Å². The molecule has 0 bridgehead atoms. The van der Waals surface area contributed by atoms with Gasteiger partial charge in [0.25, 0.3) is 0 Å². The highest BCUT2D eigenvalue weighted by Crippen LogP contribution is 2.39. The third kappa shape index (κ3) is 4.19. The molecule has 1 amide bonds. The Kier molecular flexibility index (Phi) is 5.44. The van der Waals surface area contributed by atoms with Gasteiger partial charge in [0, 0.05) is 18.1 Å². The van der Waals surface area contributed by atoms with Gasteiger partial charge >= 0.3 is 0 Å². The fourth-order valence-electron chi connectivity index (χ4n) is 4.92. The van der Waals surface area contributed by atoms with Crippen LogP contribution in [0, 0.1) is 18.8 Å². The molecule has 1 saturated heterocycles. The number of amides is 1. The van der Waals surface area contributed by atoms with Gasteiger partial charge in [-0.3, -0.25) is 4.79 Å². The molecule has 6 nitrogen and oxygen atoms in total. The highest BCUT2D eigenvalue weighted by molar-refractivity contribution is 6.31. The van der Waals surface area contributed by atoms with E-state index in [2.05, 4.69) is 0 Å². The van der Waals surface area contributed by atoms with Gasteiger partial charge in [-0.25, -0.2) is 0 Å². The number of aliphatic hydroxyl groups is 1. The lowest BCUT2D eigenvalue weighted by molar-refractivity contribution is -0.129. The Hall–Kier alpha value is -2.44. The summed E-state index contributed by atoms with van der Waals surface area (Å²) in [6.45, 7) is 3.56. The fourth-order valence-corrected chi connectivity index (χ4v) is 5.04. The SMILES string of the molecule is Cc1cc(O[C@@H]2C[C@@H]3CN(C(=O)Cc4ccc5c(c4)OCO5)C[C@@H]3C[C@H]2O)ccc1Cl. The number of benzene rings is 2. The molecule has 0 spiro atoms. The van der Waals surface area contributed by atoms with Crippen LogP contribution in [-0.2, 0) is 11.2 Å². The van der Waals surface area contributed by atoms with Crippen LogP contribution in [-0.4, -0.2) is 48.0 Å². The number of aryl methyl sites for hydroxylation is 1. The minimum Gasteiger partial charge on any atom is -0.488 e. The van der Waals surface area contributed by atoms with Crippen LogP contribution >= 0.6 is 11.6 Å². The molecule has 0 radical (unpaired) electrons. The van der Waals surface area contributed by atoms with Gasteiger partial charge in [-0.2, -0.15) is 0 Å². The van der Waals surface area contributed by atoms with Crippen molar-refractivity contribution in [1.29, 1.82) is 0 Å². The van der Waals surface area contributed by atoms with Crippen molar-refractivity contribution in [3.05, 3.63) is 52.5 Å². The number of aliphatic hydroxyl groups excluding tert-OH is 1. The van der Waals surface area contributed by atoms with Gasteiger partial charge in [0.05, 0.1) is 12.5 Å². The van der Waals surface area contributed by atoms with Gasteiger partial charge in [0.1, 0.15) is 11.9 Å². The molecule has 2 heterocycles. The lowest BCUT2D eigenvalue weighted by Crippen LogP contribution is -2.42. The van der Waals surface area contributed by atoms with E-state index in [0.29, 0.717) is 48.5 Å². The largest absolute Gasteiger partial charge is 0.488 e. The van der Waals surface area contributed by atoms with E-state index >= 15 is 0 Å². The molecule has 1 N–H and O–H groups in total. The Morgan fingerprint density at radius 1 is 1.13 bits per heavy atom. The summed E-state index contributed by atoms with van der Waals surface area (Å²) in [5, 5.41) is 11.4. The van der Waals surface area contributed by atoms with Crippen LogP contribution < -0.4 is 14.2 Å². The molecule has 0 unspecified atom stereocenters. The zero-order valence-corrected chi connectivity index (χ0v) is 18.2. The maximum atomic E-state index is 12.9. The Balaban J connectivity index is 1.21. The van der Waals surface area contributed by atoms with E-state index in [1.54, 1.807) is 0 Å². The summed E-state index contributed by atoms with van der Waals surface area (Å²) in [4.78, 5) is 14.9. The van der Waals surface area contributed by atoms with Crippen LogP contribution in [0.1, 0.15) is 24.0 Å². The molecular formula is C24H26ClNO5. The van der Waals surface area contributed by atoms with E-state index in [9.17, 15) is 9.90 Å². The minimum absolute atomic E-state index is 0.105. The number of ether oxygens (including phenoxy) is 3. The number of hydrogen-bond donors (Lipinski definition) is 1. The Morgan fingerprint density at radius 3 is 2.71 bits per heavy atom. The van der Waals surface area contributed by atoms with Crippen molar-refractivity contribution in [2.75, 3.05) is 19.9 Å². The van der Waals surface area contributed by atoms with Crippen molar-refractivity contribution in [3.63, 3.8) is 0 Å². The average molecular weight is 444 g/mol. The summed E-state index contributed by atoms with van der Waals surface area (Å²) in [7, 11) is 0. The van der Waals surface area contributed by atoms with Gasteiger partial charge in [-0.05, 0) is 73.1 Å². The first-order chi connectivity index (χ1) is 15.0. The van der Waals surface area contributed by atoms with E-state index in [1.807, 2.05) is 48.2 Å². The predicted molar refractivity (Wildman–Crippen MR) is 116 cm³/mol. The normalized spacial score (nSPS) is 26.6. The second-order valence-corrected chi connectivity index (χ2v) is 9.20. The Labute approximate surface area is 186 Å². The van der Waals surface area contributed by atoms with E-state index in [4.69, 9.17) is 25.8 Å². The van der Waals surface area contributed by atoms with Crippen LogP contribution in [0.4, 0.5) is 0 Å². The molecule has 2 aliphatic heterocycles. The summed E-state index contributed by atoms with van der Waals surface area (Å²) in [5.74, 6) is 2.89. The van der Waals surface area contributed by atoms with E-state index in [1.165, 1.54) is 0 Å². The first-order valence-electron chi connectivity index (χ1n) is 10.7. The fraction of sp³-hybridized carbons (Fsp3) is 0.458. The van der Waals surface area contributed by atoms with Crippen LogP contribution in [0.2, 0.25) is 5.02 Å². The molecule has 164 valence electrons. The maximum absolute atomic E-state index is 12.9. The molecule has 1 saturated carbocycles. The zero-order valence-electron chi connectivity index (χ0n) is 17.4. The molecule has 2 aromatic rings. The van der Waals surface area contributed by atoms with E-state index in [0.717, 1.165) is 29.0 Å². The van der Waals surface area contributed by atoms with E-state index in [-0.39, 0.29) is 18.8 Å². The van der Waals surface area contributed by atoms with Gasteiger partial charge in [0.15, 0.2) is 11.5 Å². The molecule has 7 heteroatoms. The number of hydrogen-bond acceptors (Lipinski definition) is 5. The number of carbonyl (C=O) groups excluding carboxylic acids is 1. The Morgan fingerprint density at radius 2 is 1.90 bits per heavy atom. The van der Waals surface area contributed by atoms with Crippen LogP contribution in [0.15, 0.2) is 36.4 Å². The molecule has 1 aliphatic carbocycles. The van der Waals surface area contributed by atoms with Crippen molar-refractivity contribution in [2.24, 2.45) is 11.8 Å². The second kappa shape index (κ2) is 8.24. The third-order valence-corrected chi connectivity index (χ3v) is 7.07. The number of halogens is 1. The van der Waals surface area contributed by atoms with E-state index < -0.39 is 6.10 Å². The first-order valence-corrected chi connectivity index (χ1v) is 11.1. The monoisotopic (exact) mass is 443 g/mol. The number of carbonyl (C=O) groups is 1. The molecular weight excluding hydrogens is 418 g/mol. The highest BCUT2D eigenvalue weighted by atomic mass is 35.5. The Bertz CT molecular complexity index is 996. The van der Waals surface area contributed by atoms with Crippen molar-refractivity contribution >= 4 is 17.5 Å². The summed E-state index contributed by atoms with van der Waals surface area (Å²) in [5.41, 5.74) is 1.87. The van der Waals surface area contributed by atoms with Crippen molar-refractivity contribution in [3.8, 4) is 17.2 Å². The van der Waals surface area contributed by atoms with Crippen LogP contribution in [0.3, 0.4) is 0 Å². The van der Waals surface area contributed by atoms with Gasteiger partial charge in [-0.1, -0.05) is 17.7 Å². The molecule has 31 heavy (non-hydrogen) atoms. The maximum Gasteiger partial charge on any atom is 0.231 e. The highest BCUT2D eigenvalue weighted by Gasteiger charge is 2.43. The number of fused-ring (bicyclic) bond motifs is 2. The van der Waals surface area contributed by atoms with Crippen molar-refractivity contribution in [2.45, 2.75) is 38.4 Å². The molecule has 3 aliphatic rings. The topological polar surface area (TPSA) is 68.2 Å². The summed E-state index contributed by atoms with van der Waals surface area (Å²) in [6.07, 6.45) is 0.909. The summed E-state index contributed by atoms with van der Waals surface area (Å²) < 4.78 is 16.9. The molecule has 4 atom stereocenters. The predicted octanol–water partition coefficient (Wildman–Crippen LogP) is 3.60. The molecule has 5 rings (SSSR count). The zero-order chi connectivity index (χ0) is 21.5. The molecule has 2 aromatic carbocycles. The third-order valence-electron chi connectivity index (χ3n) is 6.65.